The van der Waals surface area contributed by atoms with E-state index in [9.17, 15) is 19.2 Å². The van der Waals surface area contributed by atoms with Crippen molar-refractivity contribution < 1.29 is 33.1 Å². The Balaban J connectivity index is 0.839. The summed E-state index contributed by atoms with van der Waals surface area (Å²) in [6, 6.07) is 21.8. The summed E-state index contributed by atoms with van der Waals surface area (Å²) >= 11 is 0. The maximum Gasteiger partial charge on any atom is 0.266 e. The van der Waals surface area contributed by atoms with Gasteiger partial charge in [0.2, 0.25) is 23.6 Å². The largest absolute Gasteiger partial charge is 0.490 e. The molecule has 8 rings (SSSR count). The van der Waals surface area contributed by atoms with Crippen molar-refractivity contribution in [3.63, 3.8) is 0 Å². The van der Waals surface area contributed by atoms with Gasteiger partial charge in [-0.25, -0.2) is 9.97 Å². The first-order valence-corrected chi connectivity index (χ1v) is 17.3. The molecule has 2 aliphatic heterocycles. The van der Waals surface area contributed by atoms with Gasteiger partial charge in [0.1, 0.15) is 35.7 Å². The van der Waals surface area contributed by atoms with Crippen LogP contribution in [0.2, 0.25) is 0 Å². The highest BCUT2D eigenvalue weighted by Gasteiger charge is 2.45. The third-order valence-corrected chi connectivity index (χ3v) is 9.97. The van der Waals surface area contributed by atoms with Gasteiger partial charge in [-0.15, -0.1) is 10.2 Å². The van der Waals surface area contributed by atoms with E-state index in [1.54, 1.807) is 31.2 Å². The molecule has 1 aliphatic carbocycles. The molecule has 3 aromatic carbocycles. The summed E-state index contributed by atoms with van der Waals surface area (Å²) in [5, 5.41) is 13.5. The van der Waals surface area contributed by atoms with Crippen molar-refractivity contribution in [2.75, 3.05) is 5.32 Å². The number of amides is 4. The molecule has 1 saturated heterocycles. The zero-order valence-electron chi connectivity index (χ0n) is 29.2. The van der Waals surface area contributed by atoms with E-state index in [2.05, 4.69) is 56.8 Å². The second kappa shape index (κ2) is 13.3. The minimum absolute atomic E-state index is 0.0293. The summed E-state index contributed by atoms with van der Waals surface area (Å²) in [6.07, 6.45) is 3.15. The first-order valence-electron chi connectivity index (χ1n) is 17.3. The molecule has 5 aromatic rings. The maximum atomic E-state index is 13.2. The Morgan fingerprint density at radius 1 is 0.849 bits per heavy atom. The molecular formula is C39H35N7O7. The van der Waals surface area contributed by atoms with Gasteiger partial charge in [-0.2, -0.15) is 0 Å². The number of aromatic nitrogens is 4. The molecular weight excluding hydrogens is 678 g/mol. The van der Waals surface area contributed by atoms with Crippen LogP contribution in [0.3, 0.4) is 0 Å². The average molecular weight is 714 g/mol. The lowest BCUT2D eigenvalue weighted by atomic mass is 9.78. The molecule has 1 saturated carbocycles. The van der Waals surface area contributed by atoms with E-state index in [0.717, 1.165) is 34.6 Å². The molecule has 4 amide bonds. The van der Waals surface area contributed by atoms with Crippen LogP contribution in [0.4, 0.5) is 5.69 Å². The van der Waals surface area contributed by atoms with Gasteiger partial charge in [0.15, 0.2) is 0 Å². The number of nitrogens with zero attached hydrogens (tertiary/aromatic N) is 5. The van der Waals surface area contributed by atoms with Gasteiger partial charge in [-0.05, 0) is 60.0 Å². The number of benzene rings is 3. The van der Waals surface area contributed by atoms with E-state index < -0.39 is 29.7 Å². The number of carbonyl (C=O) groups is 4. The smallest absolute Gasteiger partial charge is 0.266 e. The Morgan fingerprint density at radius 2 is 1.55 bits per heavy atom. The number of imide groups is 2. The first-order chi connectivity index (χ1) is 25.5. The third-order valence-electron chi connectivity index (χ3n) is 9.97. The molecule has 0 spiro atoms. The highest BCUT2D eigenvalue weighted by Crippen LogP contribution is 2.36. The van der Waals surface area contributed by atoms with Gasteiger partial charge in [0.05, 0.1) is 11.1 Å². The van der Waals surface area contributed by atoms with Crippen LogP contribution in [0, 0.1) is 6.92 Å². The van der Waals surface area contributed by atoms with Gasteiger partial charge in [-0.3, -0.25) is 29.4 Å². The van der Waals surface area contributed by atoms with E-state index in [1.807, 2.05) is 36.4 Å². The number of hydrogen-bond donors (Lipinski definition) is 2. The van der Waals surface area contributed by atoms with Crippen LogP contribution >= 0.6 is 0 Å². The van der Waals surface area contributed by atoms with Crippen molar-refractivity contribution in [3.8, 4) is 29.0 Å². The third kappa shape index (κ3) is 6.59. The monoisotopic (exact) mass is 713 g/mol. The number of aryl methyl sites for hydroxylation is 1. The minimum atomic E-state index is -0.991. The zero-order valence-corrected chi connectivity index (χ0v) is 29.2. The fraction of sp³-hybridized carbons (Fsp3) is 0.282. The highest BCUT2D eigenvalue weighted by atomic mass is 16.5. The van der Waals surface area contributed by atoms with Gasteiger partial charge >= 0.3 is 0 Å². The SMILES string of the molecule is Cc1nnc(-c2cc(Oc3ccc(C(C)(C)c4ccc(OC5CC(Nc6ccc7c(c6)C(=O)N(C6CCC(=O)NC6=O)C7=O)C5)cc4)cc3)ncn2)o1. The maximum absolute atomic E-state index is 13.2. The number of rotatable bonds is 10. The standard InChI is InChI=1S/C39H35N7O7/c1-21-44-45-36(51-21)31-19-34(41-20-40-31)53-27-11-6-23(7-12-27)39(2,3)22-4-9-26(10-5-22)52-28-16-25(17-28)42-24-8-13-29-30(18-24)38(50)46(37(29)49)32-14-15-33(47)43-35(32)48/h4-13,18-20,25,28,32,42H,14-17H2,1-3H3,(H,43,47,48). The normalized spacial score (nSPS) is 19.8. The van der Waals surface area contributed by atoms with Crippen LogP contribution in [-0.4, -0.2) is 66.9 Å². The molecule has 3 aliphatic rings. The first kappa shape index (κ1) is 33.7. The van der Waals surface area contributed by atoms with E-state index in [1.165, 1.54) is 6.33 Å². The van der Waals surface area contributed by atoms with Crippen molar-refractivity contribution in [2.45, 2.75) is 70.1 Å². The molecule has 0 bridgehead atoms. The van der Waals surface area contributed by atoms with Crippen molar-refractivity contribution in [1.82, 2.24) is 30.4 Å². The molecule has 0 radical (unpaired) electrons. The fourth-order valence-electron chi connectivity index (χ4n) is 6.86. The highest BCUT2D eigenvalue weighted by molar-refractivity contribution is 6.23. The van der Waals surface area contributed by atoms with E-state index >= 15 is 0 Å². The van der Waals surface area contributed by atoms with Crippen LogP contribution in [0.5, 0.6) is 17.4 Å². The lowest BCUT2D eigenvalue weighted by Crippen LogP contribution is -2.54. The molecule has 14 heteroatoms. The summed E-state index contributed by atoms with van der Waals surface area (Å²) in [5.74, 6) is 0.438. The van der Waals surface area contributed by atoms with Gasteiger partial charge in [0, 0.05) is 49.4 Å². The second-order valence-electron chi connectivity index (χ2n) is 13.9. The quantitative estimate of drug-likeness (QED) is 0.177. The summed E-state index contributed by atoms with van der Waals surface area (Å²) in [7, 11) is 0. The minimum Gasteiger partial charge on any atom is -0.490 e. The molecule has 2 N–H and O–H groups in total. The van der Waals surface area contributed by atoms with Crippen molar-refractivity contribution in [1.29, 1.82) is 0 Å². The molecule has 14 nitrogen and oxygen atoms in total. The molecule has 1 unspecified atom stereocenters. The number of nitrogens with one attached hydrogen (secondary N) is 2. The van der Waals surface area contributed by atoms with Crippen LogP contribution in [0.15, 0.2) is 83.5 Å². The Bertz CT molecular complexity index is 2250. The molecule has 2 aromatic heterocycles. The second-order valence-corrected chi connectivity index (χ2v) is 13.9. The summed E-state index contributed by atoms with van der Waals surface area (Å²) in [4.78, 5) is 59.5. The summed E-state index contributed by atoms with van der Waals surface area (Å²) in [6.45, 7) is 6.04. The number of ether oxygens (including phenoxy) is 2. The van der Waals surface area contributed by atoms with Gasteiger partial charge < -0.3 is 19.2 Å². The van der Waals surface area contributed by atoms with Crippen LogP contribution in [0.1, 0.15) is 77.3 Å². The van der Waals surface area contributed by atoms with E-state index in [4.69, 9.17) is 13.9 Å². The van der Waals surface area contributed by atoms with E-state index in [0.29, 0.717) is 34.8 Å². The van der Waals surface area contributed by atoms with Crippen molar-refractivity contribution in [2.24, 2.45) is 0 Å². The Kier molecular flexibility index (Phi) is 8.44. The molecule has 1 atom stereocenters. The Hall–Kier alpha value is -6.44. The van der Waals surface area contributed by atoms with E-state index in [-0.39, 0.29) is 41.5 Å². The zero-order chi connectivity index (χ0) is 36.9. The Morgan fingerprint density at radius 3 is 2.23 bits per heavy atom. The number of fused-ring (bicyclic) bond motifs is 1. The number of hydrogen-bond acceptors (Lipinski definition) is 12. The predicted octanol–water partition coefficient (Wildman–Crippen LogP) is 5.38. The van der Waals surface area contributed by atoms with Crippen molar-refractivity contribution in [3.05, 3.63) is 107 Å². The van der Waals surface area contributed by atoms with Crippen LogP contribution < -0.4 is 20.1 Å². The number of piperidine rings is 1. The summed E-state index contributed by atoms with van der Waals surface area (Å²) < 4.78 is 17.7. The number of anilines is 1. The van der Waals surface area contributed by atoms with Crippen LogP contribution in [0.25, 0.3) is 11.6 Å². The lowest BCUT2D eigenvalue weighted by Gasteiger charge is -2.36. The van der Waals surface area contributed by atoms with Gasteiger partial charge in [-0.1, -0.05) is 38.1 Å². The Labute approximate surface area is 303 Å². The molecule has 53 heavy (non-hydrogen) atoms. The lowest BCUT2D eigenvalue weighted by molar-refractivity contribution is -0.136. The van der Waals surface area contributed by atoms with Gasteiger partial charge in [0.25, 0.3) is 17.7 Å². The van der Waals surface area contributed by atoms with Crippen molar-refractivity contribution >= 4 is 29.3 Å². The fourth-order valence-corrected chi connectivity index (χ4v) is 6.86. The molecule has 2 fully saturated rings. The topological polar surface area (TPSA) is 179 Å². The summed E-state index contributed by atoms with van der Waals surface area (Å²) in [5.41, 5.74) is 3.64. The average Bonchev–Trinajstić information content (AvgIpc) is 3.67. The number of carbonyl (C=O) groups excluding carboxylic acids is 4. The van der Waals surface area contributed by atoms with Crippen LogP contribution in [-0.2, 0) is 15.0 Å². The molecule has 268 valence electrons. The predicted molar refractivity (Wildman–Crippen MR) is 189 cm³/mol. The molecule has 4 heterocycles.